The number of hydrogen-bond acceptors (Lipinski definition) is 4. The average molecular weight is 232 g/mol. The molecule has 0 spiro atoms. The number of nitrogens with one attached hydrogen (secondary N) is 1. The van der Waals surface area contributed by atoms with Gasteiger partial charge in [0.05, 0.1) is 18.8 Å². The van der Waals surface area contributed by atoms with E-state index in [0.29, 0.717) is 25.3 Å². The average Bonchev–Trinajstić information content (AvgIpc) is 2.33. The Morgan fingerprint density at radius 1 is 1.44 bits per heavy atom. The Hall–Kier alpha value is -0.650. The lowest BCUT2D eigenvalue weighted by molar-refractivity contribution is -0.124. The minimum atomic E-state index is -0.886. The van der Waals surface area contributed by atoms with E-state index in [4.69, 9.17) is 15.9 Å². The van der Waals surface area contributed by atoms with Crippen molar-refractivity contribution in [3.8, 4) is 0 Å². The molecule has 0 aromatic carbocycles. The van der Waals surface area contributed by atoms with Gasteiger partial charge < -0.3 is 21.3 Å². The van der Waals surface area contributed by atoms with Crippen molar-refractivity contribution in [2.45, 2.75) is 38.6 Å². The smallest absolute Gasteiger partial charge is 0.220 e. The van der Waals surface area contributed by atoms with Gasteiger partial charge in [0, 0.05) is 6.42 Å². The van der Waals surface area contributed by atoms with Gasteiger partial charge in [-0.2, -0.15) is 0 Å². The van der Waals surface area contributed by atoms with Crippen molar-refractivity contribution in [1.82, 2.24) is 5.32 Å². The minimum absolute atomic E-state index is 0.148. The van der Waals surface area contributed by atoms with Gasteiger partial charge >= 0.3 is 0 Å². The third kappa shape index (κ3) is 4.92. The Labute approximate surface area is 97.0 Å². The minimum Gasteiger partial charge on any atom is -0.394 e. The highest BCUT2D eigenvalue weighted by molar-refractivity contribution is 5.76. The van der Waals surface area contributed by atoms with E-state index in [9.17, 15) is 4.79 Å². The summed E-state index contributed by atoms with van der Waals surface area (Å²) in [6, 6.07) is 0. The standard InChI is InChI=1S/C11H24N2O3/c1-3-11(7-14,8-15)13-10(16)5-4-9(2)6-12/h9,14-15H,3-8,12H2,1-2H3,(H,13,16). The van der Waals surface area contributed by atoms with E-state index < -0.39 is 5.54 Å². The molecule has 0 rings (SSSR count). The molecule has 16 heavy (non-hydrogen) atoms. The van der Waals surface area contributed by atoms with Gasteiger partial charge in [-0.1, -0.05) is 13.8 Å². The third-order valence-electron chi connectivity index (χ3n) is 2.95. The number of hydrogen-bond donors (Lipinski definition) is 4. The number of nitrogens with two attached hydrogens (primary N) is 1. The molecule has 0 radical (unpaired) electrons. The summed E-state index contributed by atoms with van der Waals surface area (Å²) < 4.78 is 0. The second-order valence-corrected chi connectivity index (χ2v) is 4.38. The van der Waals surface area contributed by atoms with Gasteiger partial charge in [0.1, 0.15) is 0 Å². The first kappa shape index (κ1) is 15.3. The second-order valence-electron chi connectivity index (χ2n) is 4.38. The van der Waals surface area contributed by atoms with Crippen LogP contribution in [-0.2, 0) is 4.79 Å². The molecule has 5 heteroatoms. The van der Waals surface area contributed by atoms with E-state index >= 15 is 0 Å². The van der Waals surface area contributed by atoms with Crippen LogP contribution in [0.2, 0.25) is 0 Å². The van der Waals surface area contributed by atoms with Crippen molar-refractivity contribution in [1.29, 1.82) is 0 Å². The zero-order chi connectivity index (χ0) is 12.6. The van der Waals surface area contributed by atoms with E-state index in [1.807, 2.05) is 13.8 Å². The SMILES string of the molecule is CCC(CO)(CO)NC(=O)CCC(C)CN. The quantitative estimate of drug-likeness (QED) is 0.458. The van der Waals surface area contributed by atoms with E-state index in [2.05, 4.69) is 5.32 Å². The zero-order valence-electron chi connectivity index (χ0n) is 10.2. The van der Waals surface area contributed by atoms with Crippen LogP contribution in [0, 0.1) is 5.92 Å². The van der Waals surface area contributed by atoms with Gasteiger partial charge in [0.15, 0.2) is 0 Å². The number of rotatable bonds is 8. The maximum Gasteiger partial charge on any atom is 0.220 e. The van der Waals surface area contributed by atoms with Gasteiger partial charge in [0.2, 0.25) is 5.91 Å². The normalized spacial score (nSPS) is 13.6. The topological polar surface area (TPSA) is 95.6 Å². The van der Waals surface area contributed by atoms with E-state index in [1.165, 1.54) is 0 Å². The number of aliphatic hydroxyl groups is 2. The molecule has 0 aromatic rings. The Kier molecular flexibility index (Phi) is 7.29. The van der Waals surface area contributed by atoms with E-state index in [-0.39, 0.29) is 19.1 Å². The fourth-order valence-electron chi connectivity index (χ4n) is 1.29. The van der Waals surface area contributed by atoms with Crippen molar-refractivity contribution in [3.63, 3.8) is 0 Å². The lowest BCUT2D eigenvalue weighted by atomic mass is 9.97. The van der Waals surface area contributed by atoms with Crippen LogP contribution >= 0.6 is 0 Å². The van der Waals surface area contributed by atoms with Crippen LogP contribution in [0.4, 0.5) is 0 Å². The zero-order valence-corrected chi connectivity index (χ0v) is 10.2. The summed E-state index contributed by atoms with van der Waals surface area (Å²) in [7, 11) is 0. The summed E-state index contributed by atoms with van der Waals surface area (Å²) in [5.74, 6) is 0.162. The lowest BCUT2D eigenvalue weighted by Gasteiger charge is -2.29. The van der Waals surface area contributed by atoms with Crippen LogP contribution in [-0.4, -0.2) is 41.4 Å². The molecule has 1 amide bonds. The Morgan fingerprint density at radius 3 is 2.38 bits per heavy atom. The molecule has 0 saturated heterocycles. The largest absolute Gasteiger partial charge is 0.394 e. The fraction of sp³-hybridized carbons (Fsp3) is 0.909. The number of carbonyl (C=O) groups is 1. The molecule has 0 heterocycles. The van der Waals surface area contributed by atoms with Crippen LogP contribution in [0.15, 0.2) is 0 Å². The van der Waals surface area contributed by atoms with Gasteiger partial charge in [-0.25, -0.2) is 0 Å². The molecule has 1 unspecified atom stereocenters. The first-order chi connectivity index (χ1) is 7.53. The summed E-state index contributed by atoms with van der Waals surface area (Å²) in [5, 5.41) is 21.0. The van der Waals surface area contributed by atoms with Gasteiger partial charge in [-0.15, -0.1) is 0 Å². The predicted molar refractivity (Wildman–Crippen MR) is 62.8 cm³/mol. The molecule has 0 aliphatic heterocycles. The van der Waals surface area contributed by atoms with Crippen molar-refractivity contribution in [3.05, 3.63) is 0 Å². The molecule has 0 aliphatic rings. The van der Waals surface area contributed by atoms with Gasteiger partial charge in [0.25, 0.3) is 0 Å². The van der Waals surface area contributed by atoms with Crippen LogP contribution in [0.3, 0.4) is 0 Å². The molecule has 96 valence electrons. The summed E-state index contributed by atoms with van der Waals surface area (Å²) in [6.45, 7) is 3.86. The summed E-state index contributed by atoms with van der Waals surface area (Å²) >= 11 is 0. The van der Waals surface area contributed by atoms with Gasteiger partial charge in [-0.3, -0.25) is 4.79 Å². The van der Waals surface area contributed by atoms with Crippen LogP contribution in [0.25, 0.3) is 0 Å². The maximum atomic E-state index is 11.6. The molecule has 0 saturated carbocycles. The molecule has 5 nitrogen and oxygen atoms in total. The maximum absolute atomic E-state index is 11.6. The molecule has 0 aliphatic carbocycles. The molecule has 5 N–H and O–H groups in total. The first-order valence-corrected chi connectivity index (χ1v) is 5.76. The van der Waals surface area contributed by atoms with Crippen molar-refractivity contribution >= 4 is 5.91 Å². The van der Waals surface area contributed by atoms with Crippen molar-refractivity contribution in [2.24, 2.45) is 11.7 Å². The number of amides is 1. The predicted octanol–water partition coefficient (Wildman–Crippen LogP) is -0.389. The van der Waals surface area contributed by atoms with E-state index in [0.717, 1.165) is 6.42 Å². The third-order valence-corrected chi connectivity index (χ3v) is 2.95. The fourth-order valence-corrected chi connectivity index (χ4v) is 1.29. The molecule has 1 atom stereocenters. The Morgan fingerprint density at radius 2 is 2.00 bits per heavy atom. The summed E-state index contributed by atoms with van der Waals surface area (Å²) in [6.07, 6.45) is 1.59. The Bertz CT molecular complexity index is 197. The highest BCUT2D eigenvalue weighted by Gasteiger charge is 2.28. The highest BCUT2D eigenvalue weighted by Crippen LogP contribution is 2.10. The molecular formula is C11H24N2O3. The van der Waals surface area contributed by atoms with Gasteiger partial charge in [-0.05, 0) is 25.3 Å². The molecule has 0 bridgehead atoms. The molecule has 0 aromatic heterocycles. The summed E-state index contributed by atoms with van der Waals surface area (Å²) in [4.78, 5) is 11.6. The Balaban J connectivity index is 4.10. The highest BCUT2D eigenvalue weighted by atomic mass is 16.3. The van der Waals surface area contributed by atoms with Crippen LogP contribution in [0.1, 0.15) is 33.1 Å². The van der Waals surface area contributed by atoms with Crippen LogP contribution in [0.5, 0.6) is 0 Å². The molecular weight excluding hydrogens is 208 g/mol. The second kappa shape index (κ2) is 7.60. The lowest BCUT2D eigenvalue weighted by Crippen LogP contribution is -2.53. The first-order valence-electron chi connectivity index (χ1n) is 5.76. The monoisotopic (exact) mass is 232 g/mol. The van der Waals surface area contributed by atoms with Crippen LogP contribution < -0.4 is 11.1 Å². The van der Waals surface area contributed by atoms with Crippen molar-refractivity contribution in [2.75, 3.05) is 19.8 Å². The van der Waals surface area contributed by atoms with Crippen molar-refractivity contribution < 1.29 is 15.0 Å². The summed E-state index contributed by atoms with van der Waals surface area (Å²) in [5.41, 5.74) is 4.57. The van der Waals surface area contributed by atoms with E-state index in [1.54, 1.807) is 0 Å². The number of carbonyl (C=O) groups excluding carboxylic acids is 1. The molecule has 0 fully saturated rings. The number of aliphatic hydroxyl groups excluding tert-OH is 2.